The summed E-state index contributed by atoms with van der Waals surface area (Å²) >= 11 is 0. The summed E-state index contributed by atoms with van der Waals surface area (Å²) in [4.78, 5) is 39.4. The van der Waals surface area contributed by atoms with Gasteiger partial charge >= 0.3 is 6.09 Å². The number of amides is 3. The second kappa shape index (κ2) is 5.24. The third kappa shape index (κ3) is 2.55. The molecule has 1 N–H and O–H groups in total. The van der Waals surface area contributed by atoms with E-state index in [1.165, 1.54) is 0 Å². The summed E-state index contributed by atoms with van der Waals surface area (Å²) in [6.45, 7) is 0. The van der Waals surface area contributed by atoms with E-state index in [0.717, 1.165) is 10.8 Å². The highest BCUT2D eigenvalue weighted by Crippen LogP contribution is 2.23. The first-order valence-electron chi connectivity index (χ1n) is 6.47. The van der Waals surface area contributed by atoms with E-state index in [9.17, 15) is 14.4 Å². The molecule has 106 valence electrons. The molecule has 0 aliphatic carbocycles. The lowest BCUT2D eigenvalue weighted by atomic mass is 10.1. The van der Waals surface area contributed by atoms with Gasteiger partial charge in [-0.15, -0.1) is 5.06 Å². The Kier molecular flexibility index (Phi) is 3.27. The fraction of sp³-hybridized carbons (Fsp3) is 0.133. The molecule has 0 unspecified atom stereocenters. The molecular formula is C15H12N2O4. The van der Waals surface area contributed by atoms with Crippen LogP contribution in [0.5, 0.6) is 0 Å². The van der Waals surface area contributed by atoms with Crippen LogP contribution < -0.4 is 5.32 Å². The van der Waals surface area contributed by atoms with E-state index in [1.54, 1.807) is 12.1 Å². The molecule has 21 heavy (non-hydrogen) atoms. The first-order valence-corrected chi connectivity index (χ1v) is 6.47. The molecule has 0 spiro atoms. The predicted octanol–water partition coefficient (Wildman–Crippen LogP) is 2.45. The highest BCUT2D eigenvalue weighted by Gasteiger charge is 2.32. The van der Waals surface area contributed by atoms with Crippen LogP contribution in [0.4, 0.5) is 10.5 Å². The average molecular weight is 284 g/mol. The third-order valence-corrected chi connectivity index (χ3v) is 3.21. The predicted molar refractivity (Wildman–Crippen MR) is 75.1 cm³/mol. The monoisotopic (exact) mass is 284 g/mol. The van der Waals surface area contributed by atoms with Crippen molar-refractivity contribution in [1.82, 2.24) is 5.06 Å². The number of carbonyl (C=O) groups is 3. The molecule has 2 aromatic carbocycles. The molecule has 6 heteroatoms. The minimum atomic E-state index is -0.866. The summed E-state index contributed by atoms with van der Waals surface area (Å²) in [7, 11) is 0. The molecule has 6 nitrogen and oxygen atoms in total. The number of carbonyl (C=O) groups excluding carboxylic acids is 3. The van der Waals surface area contributed by atoms with Crippen molar-refractivity contribution in [2.45, 2.75) is 12.8 Å². The van der Waals surface area contributed by atoms with Crippen LogP contribution in [0.15, 0.2) is 42.5 Å². The van der Waals surface area contributed by atoms with Gasteiger partial charge in [0.15, 0.2) is 0 Å². The fourth-order valence-electron chi connectivity index (χ4n) is 2.21. The number of nitrogens with one attached hydrogen (secondary N) is 1. The Labute approximate surface area is 120 Å². The Balaban J connectivity index is 1.78. The van der Waals surface area contributed by atoms with Gasteiger partial charge in [-0.3, -0.25) is 14.9 Å². The Hall–Kier alpha value is -2.89. The number of rotatable bonds is 2. The van der Waals surface area contributed by atoms with Gasteiger partial charge in [0, 0.05) is 18.2 Å². The molecule has 0 atom stereocenters. The van der Waals surface area contributed by atoms with Crippen LogP contribution in [-0.4, -0.2) is 23.0 Å². The first-order chi connectivity index (χ1) is 10.1. The van der Waals surface area contributed by atoms with Gasteiger partial charge in [0.2, 0.25) is 0 Å². The minimum Gasteiger partial charge on any atom is -0.311 e. The number of fused-ring (bicyclic) bond motifs is 1. The Morgan fingerprint density at radius 2 is 1.67 bits per heavy atom. The molecule has 0 saturated carbocycles. The lowest BCUT2D eigenvalue weighted by Crippen LogP contribution is -2.33. The van der Waals surface area contributed by atoms with E-state index in [4.69, 9.17) is 4.84 Å². The molecule has 3 rings (SSSR count). The van der Waals surface area contributed by atoms with Crippen molar-refractivity contribution in [3.05, 3.63) is 42.5 Å². The lowest BCUT2D eigenvalue weighted by molar-refractivity contribution is -0.170. The zero-order valence-electron chi connectivity index (χ0n) is 11.0. The van der Waals surface area contributed by atoms with Crippen LogP contribution >= 0.6 is 0 Å². The van der Waals surface area contributed by atoms with Crippen LogP contribution in [0.3, 0.4) is 0 Å². The van der Waals surface area contributed by atoms with E-state index in [1.807, 2.05) is 30.3 Å². The van der Waals surface area contributed by atoms with Crippen LogP contribution in [0.2, 0.25) is 0 Å². The molecule has 2 aromatic rings. The first kappa shape index (κ1) is 13.1. The normalized spacial score (nSPS) is 14.6. The van der Waals surface area contributed by atoms with Crippen molar-refractivity contribution in [3.63, 3.8) is 0 Å². The quantitative estimate of drug-likeness (QED) is 0.859. The number of hydrogen-bond acceptors (Lipinski definition) is 4. The molecule has 3 amide bonds. The Morgan fingerprint density at radius 3 is 2.43 bits per heavy atom. The molecule has 1 fully saturated rings. The second-order valence-corrected chi connectivity index (χ2v) is 4.61. The highest BCUT2D eigenvalue weighted by atomic mass is 16.7. The Bertz CT molecular complexity index is 720. The van der Waals surface area contributed by atoms with E-state index >= 15 is 0 Å². The molecule has 1 aliphatic heterocycles. The summed E-state index contributed by atoms with van der Waals surface area (Å²) in [5.74, 6) is -1.01. The average Bonchev–Trinajstić information content (AvgIpc) is 2.79. The number of benzene rings is 2. The van der Waals surface area contributed by atoms with Crippen LogP contribution in [-0.2, 0) is 14.4 Å². The van der Waals surface area contributed by atoms with Gasteiger partial charge in [-0.05, 0) is 11.5 Å². The van der Waals surface area contributed by atoms with Crippen molar-refractivity contribution in [1.29, 1.82) is 0 Å². The van der Waals surface area contributed by atoms with Gasteiger partial charge in [-0.2, -0.15) is 0 Å². The van der Waals surface area contributed by atoms with Crippen molar-refractivity contribution in [2.24, 2.45) is 0 Å². The summed E-state index contributed by atoms with van der Waals surface area (Å²) < 4.78 is 0. The van der Waals surface area contributed by atoms with E-state index < -0.39 is 17.9 Å². The maximum absolute atomic E-state index is 11.8. The number of nitrogens with zero attached hydrogens (tertiary/aromatic N) is 1. The zero-order valence-corrected chi connectivity index (χ0v) is 11.0. The van der Waals surface area contributed by atoms with Crippen molar-refractivity contribution >= 4 is 34.4 Å². The third-order valence-electron chi connectivity index (χ3n) is 3.21. The molecular weight excluding hydrogens is 272 g/mol. The van der Waals surface area contributed by atoms with E-state index in [-0.39, 0.29) is 12.8 Å². The summed E-state index contributed by atoms with van der Waals surface area (Å²) in [6.07, 6.45) is -0.726. The molecule has 0 aromatic heterocycles. The number of anilines is 1. The van der Waals surface area contributed by atoms with Crippen molar-refractivity contribution < 1.29 is 19.2 Å². The smallest absolute Gasteiger partial charge is 0.311 e. The van der Waals surface area contributed by atoms with Gasteiger partial charge < -0.3 is 4.84 Å². The maximum atomic E-state index is 11.8. The summed E-state index contributed by atoms with van der Waals surface area (Å²) in [5.41, 5.74) is 0.553. The zero-order chi connectivity index (χ0) is 14.8. The van der Waals surface area contributed by atoms with Crippen LogP contribution in [0.25, 0.3) is 10.8 Å². The summed E-state index contributed by atoms with van der Waals surface area (Å²) in [5, 5.41) is 4.87. The van der Waals surface area contributed by atoms with Crippen molar-refractivity contribution in [2.75, 3.05) is 5.32 Å². The molecule has 1 saturated heterocycles. The highest BCUT2D eigenvalue weighted by molar-refractivity contribution is 6.03. The Morgan fingerprint density at radius 1 is 1.00 bits per heavy atom. The van der Waals surface area contributed by atoms with Crippen molar-refractivity contribution in [3.8, 4) is 0 Å². The molecule has 1 heterocycles. The number of imide groups is 1. The number of hydrogen-bond donors (Lipinski definition) is 1. The molecule has 1 aliphatic rings. The largest absolute Gasteiger partial charge is 0.436 e. The summed E-state index contributed by atoms with van der Waals surface area (Å²) in [6, 6.07) is 13.0. The van der Waals surface area contributed by atoms with Gasteiger partial charge in [0.1, 0.15) is 0 Å². The lowest BCUT2D eigenvalue weighted by Gasteiger charge is -2.14. The second-order valence-electron chi connectivity index (χ2n) is 4.61. The minimum absolute atomic E-state index is 0.0698. The number of hydroxylamine groups is 2. The fourth-order valence-corrected chi connectivity index (χ4v) is 2.21. The topological polar surface area (TPSA) is 75.7 Å². The van der Waals surface area contributed by atoms with Gasteiger partial charge in [-0.1, -0.05) is 36.4 Å². The SMILES string of the molecule is O=C(Nc1cccc2ccccc12)ON1C(=O)CCC1=O. The van der Waals surface area contributed by atoms with Gasteiger partial charge in [0.25, 0.3) is 11.8 Å². The molecule has 0 bridgehead atoms. The van der Waals surface area contributed by atoms with E-state index in [0.29, 0.717) is 10.8 Å². The van der Waals surface area contributed by atoms with Crippen LogP contribution in [0, 0.1) is 0 Å². The van der Waals surface area contributed by atoms with Gasteiger partial charge in [-0.25, -0.2) is 4.79 Å². The van der Waals surface area contributed by atoms with E-state index in [2.05, 4.69) is 5.32 Å². The van der Waals surface area contributed by atoms with Gasteiger partial charge in [0.05, 0.1) is 5.69 Å². The standard InChI is InChI=1S/C15H12N2O4/c18-13-8-9-14(19)17(13)21-15(20)16-12-7-3-5-10-4-1-2-6-11(10)12/h1-7H,8-9H2,(H,16,20). The molecule has 0 radical (unpaired) electrons. The van der Waals surface area contributed by atoms with Crippen LogP contribution in [0.1, 0.15) is 12.8 Å². The maximum Gasteiger partial charge on any atom is 0.436 e.